The van der Waals surface area contributed by atoms with Gasteiger partial charge in [-0.3, -0.25) is 9.89 Å². The first-order valence-electron chi connectivity index (χ1n) is 8.49. The highest BCUT2D eigenvalue weighted by atomic mass is 16.5. The minimum atomic E-state index is 0.183. The van der Waals surface area contributed by atoms with Gasteiger partial charge in [0.05, 0.1) is 19.3 Å². The lowest BCUT2D eigenvalue weighted by Crippen LogP contribution is -2.47. The summed E-state index contributed by atoms with van der Waals surface area (Å²) < 4.78 is 11.4. The lowest BCUT2D eigenvalue weighted by molar-refractivity contribution is 0.0124. The molecule has 2 atom stereocenters. The molecule has 0 saturated carbocycles. The molecule has 2 N–H and O–H groups in total. The standard InChI is InChI=1S/C17H30N4O2/c1-5-13(2)20-17(18-4)19-12-15(16-7-6-14(3)23-16)21-8-10-22-11-9-21/h6-7,13,15H,5,8-12H2,1-4H3,(H2,18,19,20). The Morgan fingerprint density at radius 2 is 2.09 bits per heavy atom. The van der Waals surface area contributed by atoms with E-state index in [9.17, 15) is 0 Å². The van der Waals surface area contributed by atoms with Crippen molar-refractivity contribution in [2.45, 2.75) is 39.3 Å². The lowest BCUT2D eigenvalue weighted by Gasteiger charge is -2.33. The highest BCUT2D eigenvalue weighted by Gasteiger charge is 2.25. The summed E-state index contributed by atoms with van der Waals surface area (Å²) in [5, 5.41) is 6.83. The molecule has 2 unspecified atom stereocenters. The van der Waals surface area contributed by atoms with Crippen LogP contribution in [0.5, 0.6) is 0 Å². The molecule has 0 aromatic carbocycles. The van der Waals surface area contributed by atoms with Crippen LogP contribution in [-0.2, 0) is 4.74 Å². The van der Waals surface area contributed by atoms with Gasteiger partial charge in [0.1, 0.15) is 11.5 Å². The predicted molar refractivity (Wildman–Crippen MR) is 92.8 cm³/mol. The van der Waals surface area contributed by atoms with E-state index in [-0.39, 0.29) is 6.04 Å². The van der Waals surface area contributed by atoms with E-state index in [1.165, 1.54) is 0 Å². The Bertz CT molecular complexity index is 495. The van der Waals surface area contributed by atoms with Gasteiger partial charge < -0.3 is 19.8 Å². The van der Waals surface area contributed by atoms with Crippen LogP contribution in [0.1, 0.15) is 37.8 Å². The van der Waals surface area contributed by atoms with Crippen molar-refractivity contribution >= 4 is 5.96 Å². The van der Waals surface area contributed by atoms with Crippen molar-refractivity contribution in [2.75, 3.05) is 39.9 Å². The van der Waals surface area contributed by atoms with E-state index < -0.39 is 0 Å². The number of furan rings is 1. The van der Waals surface area contributed by atoms with Crippen LogP contribution in [-0.4, -0.2) is 56.8 Å². The van der Waals surface area contributed by atoms with Gasteiger partial charge in [-0.25, -0.2) is 0 Å². The maximum atomic E-state index is 5.88. The van der Waals surface area contributed by atoms with E-state index in [0.717, 1.165) is 56.7 Å². The van der Waals surface area contributed by atoms with E-state index in [0.29, 0.717) is 6.04 Å². The summed E-state index contributed by atoms with van der Waals surface area (Å²) in [4.78, 5) is 6.72. The first-order chi connectivity index (χ1) is 11.1. The second-order valence-electron chi connectivity index (χ2n) is 6.02. The van der Waals surface area contributed by atoms with Crippen LogP contribution in [0.25, 0.3) is 0 Å². The summed E-state index contributed by atoms with van der Waals surface area (Å²) in [5.41, 5.74) is 0. The van der Waals surface area contributed by atoms with Crippen molar-refractivity contribution in [2.24, 2.45) is 4.99 Å². The summed E-state index contributed by atoms with van der Waals surface area (Å²) >= 11 is 0. The molecule has 0 amide bonds. The normalized spacial score (nSPS) is 19.4. The van der Waals surface area contributed by atoms with Gasteiger partial charge in [-0.2, -0.15) is 0 Å². The van der Waals surface area contributed by atoms with Crippen LogP contribution in [0.3, 0.4) is 0 Å². The fourth-order valence-electron chi connectivity index (χ4n) is 2.65. The third-order valence-electron chi connectivity index (χ3n) is 4.26. The third-order valence-corrected chi connectivity index (χ3v) is 4.26. The average molecular weight is 322 g/mol. The number of ether oxygens (including phenoxy) is 1. The van der Waals surface area contributed by atoms with Crippen molar-refractivity contribution in [1.29, 1.82) is 0 Å². The molecule has 1 aromatic rings. The lowest BCUT2D eigenvalue weighted by atomic mass is 10.1. The molecular weight excluding hydrogens is 292 g/mol. The van der Waals surface area contributed by atoms with Crippen molar-refractivity contribution < 1.29 is 9.15 Å². The minimum Gasteiger partial charge on any atom is -0.465 e. The Hall–Kier alpha value is -1.53. The molecule has 0 aliphatic carbocycles. The average Bonchev–Trinajstić information content (AvgIpc) is 3.00. The van der Waals surface area contributed by atoms with Crippen LogP contribution >= 0.6 is 0 Å². The Kier molecular flexibility index (Phi) is 6.92. The van der Waals surface area contributed by atoms with Gasteiger partial charge in [-0.15, -0.1) is 0 Å². The first-order valence-corrected chi connectivity index (χ1v) is 8.49. The quantitative estimate of drug-likeness (QED) is 0.619. The molecule has 130 valence electrons. The van der Waals surface area contributed by atoms with Crippen molar-refractivity contribution in [3.8, 4) is 0 Å². The second kappa shape index (κ2) is 8.93. The predicted octanol–water partition coefficient (Wildman–Crippen LogP) is 1.92. The smallest absolute Gasteiger partial charge is 0.191 e. The number of rotatable bonds is 6. The van der Waals surface area contributed by atoms with Crippen LogP contribution in [0.2, 0.25) is 0 Å². The van der Waals surface area contributed by atoms with Gasteiger partial charge in [-0.1, -0.05) is 6.92 Å². The van der Waals surface area contributed by atoms with E-state index in [4.69, 9.17) is 9.15 Å². The highest BCUT2D eigenvalue weighted by molar-refractivity contribution is 5.79. The van der Waals surface area contributed by atoms with Gasteiger partial charge in [0.15, 0.2) is 5.96 Å². The van der Waals surface area contributed by atoms with Crippen LogP contribution in [0, 0.1) is 6.92 Å². The summed E-state index contributed by atoms with van der Waals surface area (Å²) in [5.74, 6) is 2.78. The molecule has 0 radical (unpaired) electrons. The fraction of sp³-hybridized carbons (Fsp3) is 0.706. The monoisotopic (exact) mass is 322 g/mol. The molecule has 2 heterocycles. The zero-order chi connectivity index (χ0) is 16.7. The number of nitrogens with zero attached hydrogens (tertiary/aromatic N) is 2. The molecule has 6 nitrogen and oxygen atoms in total. The van der Waals surface area contributed by atoms with E-state index in [1.54, 1.807) is 7.05 Å². The van der Waals surface area contributed by atoms with Gasteiger partial charge in [0, 0.05) is 32.7 Å². The number of morpholine rings is 1. The van der Waals surface area contributed by atoms with E-state index >= 15 is 0 Å². The molecular formula is C17H30N4O2. The topological polar surface area (TPSA) is 62.0 Å². The molecule has 2 rings (SSSR count). The largest absolute Gasteiger partial charge is 0.465 e. The Balaban J connectivity index is 2.02. The Labute approximate surface area is 139 Å². The summed E-state index contributed by atoms with van der Waals surface area (Å²) in [6.07, 6.45) is 1.06. The van der Waals surface area contributed by atoms with Crippen LogP contribution in [0.15, 0.2) is 21.5 Å². The van der Waals surface area contributed by atoms with Crippen LogP contribution < -0.4 is 10.6 Å². The molecule has 0 bridgehead atoms. The molecule has 23 heavy (non-hydrogen) atoms. The Morgan fingerprint density at radius 1 is 1.35 bits per heavy atom. The zero-order valence-corrected chi connectivity index (χ0v) is 14.8. The van der Waals surface area contributed by atoms with E-state index in [2.05, 4.69) is 40.4 Å². The van der Waals surface area contributed by atoms with Gasteiger partial charge in [-0.05, 0) is 32.4 Å². The maximum absolute atomic E-state index is 5.88. The van der Waals surface area contributed by atoms with Crippen molar-refractivity contribution in [1.82, 2.24) is 15.5 Å². The molecule has 1 saturated heterocycles. The zero-order valence-electron chi connectivity index (χ0n) is 14.8. The van der Waals surface area contributed by atoms with Crippen LogP contribution in [0.4, 0.5) is 0 Å². The molecule has 0 spiro atoms. The number of hydrogen-bond acceptors (Lipinski definition) is 4. The third kappa shape index (κ3) is 5.25. The SMILES string of the molecule is CCC(C)NC(=NC)NCC(c1ccc(C)o1)N1CCOCC1. The number of guanidine groups is 1. The summed E-state index contributed by atoms with van der Waals surface area (Å²) in [7, 11) is 1.80. The first kappa shape index (κ1) is 17.8. The molecule has 1 aliphatic heterocycles. The Morgan fingerprint density at radius 3 is 2.65 bits per heavy atom. The van der Waals surface area contributed by atoms with Gasteiger partial charge in [0.25, 0.3) is 0 Å². The van der Waals surface area contributed by atoms with Crippen molar-refractivity contribution in [3.05, 3.63) is 23.7 Å². The number of aliphatic imine (C=N–C) groups is 1. The van der Waals surface area contributed by atoms with Gasteiger partial charge in [0.2, 0.25) is 0 Å². The maximum Gasteiger partial charge on any atom is 0.191 e. The van der Waals surface area contributed by atoms with Crippen molar-refractivity contribution in [3.63, 3.8) is 0 Å². The summed E-state index contributed by atoms with van der Waals surface area (Å²) in [6, 6.07) is 4.67. The summed E-state index contributed by atoms with van der Waals surface area (Å²) in [6.45, 7) is 10.4. The minimum absolute atomic E-state index is 0.183. The molecule has 1 aliphatic rings. The second-order valence-corrected chi connectivity index (χ2v) is 6.02. The van der Waals surface area contributed by atoms with Gasteiger partial charge >= 0.3 is 0 Å². The highest BCUT2D eigenvalue weighted by Crippen LogP contribution is 2.23. The molecule has 6 heteroatoms. The molecule has 1 aromatic heterocycles. The molecule has 1 fully saturated rings. The fourth-order valence-corrected chi connectivity index (χ4v) is 2.65. The number of nitrogens with one attached hydrogen (secondary N) is 2. The number of hydrogen-bond donors (Lipinski definition) is 2. The number of aryl methyl sites for hydroxylation is 1. The van der Waals surface area contributed by atoms with E-state index in [1.807, 2.05) is 13.0 Å².